The van der Waals surface area contributed by atoms with Crippen LogP contribution in [0.3, 0.4) is 0 Å². The molecule has 3 heterocycles. The highest BCUT2D eigenvalue weighted by molar-refractivity contribution is 8.03. The number of rotatable bonds is 6. The highest BCUT2D eigenvalue weighted by atomic mass is 35.5. The van der Waals surface area contributed by atoms with Gasteiger partial charge in [-0.05, 0) is 48.7 Å². The van der Waals surface area contributed by atoms with Crippen LogP contribution < -0.4 is 9.47 Å². The molecule has 0 aliphatic carbocycles. The number of nitrogens with zero attached hydrogens (tertiary/aromatic N) is 2. The van der Waals surface area contributed by atoms with Gasteiger partial charge in [-0.1, -0.05) is 29.8 Å². The Morgan fingerprint density at radius 3 is 2.71 bits per heavy atom. The fourth-order valence-corrected chi connectivity index (χ4v) is 6.19. The molecule has 0 radical (unpaired) electrons. The minimum Gasteiger partial charge on any atom is -0.493 e. The second kappa shape index (κ2) is 9.43. The summed E-state index contributed by atoms with van der Waals surface area (Å²) in [5, 5.41) is 1.60. The molecule has 5 nitrogen and oxygen atoms in total. The van der Waals surface area contributed by atoms with Gasteiger partial charge in [-0.25, -0.2) is 0 Å². The molecule has 1 aromatic heterocycles. The molecule has 0 saturated carbocycles. The highest BCUT2D eigenvalue weighted by Gasteiger charge is 2.31. The first-order chi connectivity index (χ1) is 16.5. The van der Waals surface area contributed by atoms with Crippen LogP contribution in [0.4, 0.5) is 0 Å². The lowest BCUT2D eigenvalue weighted by Gasteiger charge is -2.30. The number of carbonyl (C=O) groups is 1. The fraction of sp³-hybridized carbons (Fsp3) is 0.296. The Labute approximate surface area is 209 Å². The number of halogens is 1. The first-order valence-electron chi connectivity index (χ1n) is 11.4. The molecule has 1 fully saturated rings. The van der Waals surface area contributed by atoms with E-state index in [1.54, 1.807) is 14.2 Å². The van der Waals surface area contributed by atoms with Gasteiger partial charge in [0.2, 0.25) is 0 Å². The molecule has 0 N–H and O–H groups in total. The van der Waals surface area contributed by atoms with Crippen molar-refractivity contribution in [1.82, 2.24) is 9.47 Å². The summed E-state index contributed by atoms with van der Waals surface area (Å²) in [4.78, 5) is 17.2. The zero-order valence-corrected chi connectivity index (χ0v) is 21.1. The SMILES string of the molecule is CCn1cc(C(=O)N2CC=C3CCSC3=C2Cc2ccc(OC)c(OC)c2)c2ccc(Cl)cc21. The molecular weight excluding hydrogens is 468 g/mol. The number of carbonyl (C=O) groups excluding carboxylic acids is 1. The van der Waals surface area contributed by atoms with E-state index in [1.165, 1.54) is 10.5 Å². The number of aryl methyl sites for hydroxylation is 1. The van der Waals surface area contributed by atoms with Crippen LogP contribution in [-0.4, -0.2) is 41.9 Å². The Hall–Kier alpha value is -2.83. The predicted molar refractivity (Wildman–Crippen MR) is 139 cm³/mol. The zero-order chi connectivity index (χ0) is 23.8. The molecule has 2 aliphatic rings. The van der Waals surface area contributed by atoms with Crippen molar-refractivity contribution in [1.29, 1.82) is 0 Å². The van der Waals surface area contributed by atoms with Gasteiger partial charge in [-0.2, -0.15) is 0 Å². The maximum Gasteiger partial charge on any atom is 0.260 e. The van der Waals surface area contributed by atoms with Crippen molar-refractivity contribution < 1.29 is 14.3 Å². The summed E-state index contributed by atoms with van der Waals surface area (Å²) in [6.45, 7) is 3.42. The molecule has 3 aromatic rings. The van der Waals surface area contributed by atoms with Gasteiger partial charge in [0.05, 0.1) is 25.3 Å². The van der Waals surface area contributed by atoms with Crippen molar-refractivity contribution in [2.75, 3.05) is 26.5 Å². The van der Waals surface area contributed by atoms with Gasteiger partial charge < -0.3 is 18.9 Å². The number of aromatic nitrogens is 1. The first-order valence-corrected chi connectivity index (χ1v) is 12.8. The van der Waals surface area contributed by atoms with E-state index in [0.717, 1.165) is 40.9 Å². The fourth-order valence-electron chi connectivity index (χ4n) is 4.77. The van der Waals surface area contributed by atoms with Gasteiger partial charge in [0, 0.05) is 52.5 Å². The summed E-state index contributed by atoms with van der Waals surface area (Å²) in [5.74, 6) is 2.45. The number of hydrogen-bond acceptors (Lipinski definition) is 4. The van der Waals surface area contributed by atoms with Crippen LogP contribution >= 0.6 is 23.4 Å². The monoisotopic (exact) mass is 494 g/mol. The molecule has 0 unspecified atom stereocenters. The van der Waals surface area contributed by atoms with Crippen LogP contribution in [0.1, 0.15) is 29.3 Å². The second-order valence-corrected chi connectivity index (χ2v) is 9.92. The molecule has 34 heavy (non-hydrogen) atoms. The average Bonchev–Trinajstić information content (AvgIpc) is 3.48. The molecular formula is C27H27ClN2O3S. The Bertz CT molecular complexity index is 1340. The predicted octanol–water partition coefficient (Wildman–Crippen LogP) is 6.31. The van der Waals surface area contributed by atoms with Gasteiger partial charge in [0.25, 0.3) is 5.91 Å². The van der Waals surface area contributed by atoms with Gasteiger partial charge in [-0.15, -0.1) is 11.8 Å². The molecule has 176 valence electrons. The number of amides is 1. The smallest absolute Gasteiger partial charge is 0.260 e. The van der Waals surface area contributed by atoms with E-state index >= 15 is 0 Å². The van der Waals surface area contributed by atoms with Crippen molar-refractivity contribution in [3.63, 3.8) is 0 Å². The summed E-state index contributed by atoms with van der Waals surface area (Å²) in [6, 6.07) is 11.7. The van der Waals surface area contributed by atoms with Crippen LogP contribution in [0.25, 0.3) is 10.9 Å². The third-order valence-corrected chi connectivity index (χ3v) is 7.93. The van der Waals surface area contributed by atoms with Gasteiger partial charge >= 0.3 is 0 Å². The number of methoxy groups -OCH3 is 2. The number of fused-ring (bicyclic) bond motifs is 2. The molecule has 0 atom stereocenters. The third-order valence-electron chi connectivity index (χ3n) is 6.50. The number of benzene rings is 2. The molecule has 1 amide bonds. The summed E-state index contributed by atoms with van der Waals surface area (Å²) in [7, 11) is 3.28. The largest absolute Gasteiger partial charge is 0.493 e. The van der Waals surface area contributed by atoms with Gasteiger partial charge in [0.15, 0.2) is 11.5 Å². The van der Waals surface area contributed by atoms with Crippen LogP contribution in [0, 0.1) is 0 Å². The molecule has 1 saturated heterocycles. The molecule has 0 spiro atoms. The summed E-state index contributed by atoms with van der Waals surface area (Å²) < 4.78 is 13.0. The number of ether oxygens (including phenoxy) is 2. The van der Waals surface area contributed by atoms with E-state index in [-0.39, 0.29) is 5.91 Å². The lowest BCUT2D eigenvalue weighted by atomic mass is 10.0. The van der Waals surface area contributed by atoms with Gasteiger partial charge in [-0.3, -0.25) is 4.79 Å². The minimum absolute atomic E-state index is 0.0188. The van der Waals surface area contributed by atoms with E-state index < -0.39 is 0 Å². The van der Waals surface area contributed by atoms with Crippen LogP contribution in [-0.2, 0) is 13.0 Å². The molecule has 5 rings (SSSR count). The Kier molecular flexibility index (Phi) is 6.36. The summed E-state index contributed by atoms with van der Waals surface area (Å²) in [5.41, 5.74) is 5.18. The maximum absolute atomic E-state index is 14.0. The first kappa shape index (κ1) is 22.9. The molecule has 2 aromatic carbocycles. The number of allylic oxidation sites excluding steroid dienone is 2. The molecule has 0 bridgehead atoms. The Morgan fingerprint density at radius 2 is 1.94 bits per heavy atom. The molecule has 2 aliphatic heterocycles. The van der Waals surface area contributed by atoms with Crippen LogP contribution in [0.5, 0.6) is 11.5 Å². The zero-order valence-electron chi connectivity index (χ0n) is 19.6. The maximum atomic E-state index is 14.0. The normalized spacial score (nSPS) is 15.5. The topological polar surface area (TPSA) is 43.7 Å². The van der Waals surface area contributed by atoms with E-state index in [0.29, 0.717) is 35.1 Å². The lowest BCUT2D eigenvalue weighted by Crippen LogP contribution is -2.34. The number of thioether (sulfide) groups is 1. The standard InChI is InChI=1S/C27H27ClN2O3S/c1-4-29-16-21(20-7-6-19(28)15-22(20)29)27(31)30-11-9-18-10-12-34-26(18)23(30)13-17-5-8-24(32-2)25(14-17)33-3/h5-9,14-16H,4,10-13H2,1-3H3. The van der Waals surface area contributed by atoms with Crippen molar-refractivity contribution in [3.05, 3.63) is 81.0 Å². The molecule has 7 heteroatoms. The van der Waals surface area contributed by atoms with Crippen molar-refractivity contribution in [2.24, 2.45) is 0 Å². The number of hydrogen-bond donors (Lipinski definition) is 0. The average molecular weight is 495 g/mol. The van der Waals surface area contributed by atoms with Crippen LogP contribution in [0.2, 0.25) is 5.02 Å². The minimum atomic E-state index is 0.0188. The van der Waals surface area contributed by atoms with Crippen LogP contribution in [0.15, 0.2) is 64.8 Å². The van der Waals surface area contributed by atoms with Crippen molar-refractivity contribution >= 4 is 40.2 Å². The lowest BCUT2D eigenvalue weighted by molar-refractivity contribution is 0.0816. The third kappa shape index (κ3) is 3.99. The summed E-state index contributed by atoms with van der Waals surface area (Å²) >= 11 is 8.10. The Morgan fingerprint density at radius 1 is 1.12 bits per heavy atom. The quantitative estimate of drug-likeness (QED) is 0.403. The van der Waals surface area contributed by atoms with E-state index in [9.17, 15) is 4.79 Å². The Balaban J connectivity index is 1.56. The highest BCUT2D eigenvalue weighted by Crippen LogP contribution is 2.43. The second-order valence-electron chi connectivity index (χ2n) is 8.38. The van der Waals surface area contributed by atoms with Crippen molar-refractivity contribution in [2.45, 2.75) is 26.3 Å². The van der Waals surface area contributed by atoms with E-state index in [4.69, 9.17) is 21.1 Å². The van der Waals surface area contributed by atoms with E-state index in [1.807, 2.05) is 59.3 Å². The summed E-state index contributed by atoms with van der Waals surface area (Å²) in [6.07, 6.45) is 5.86. The van der Waals surface area contributed by atoms with Gasteiger partial charge in [0.1, 0.15) is 0 Å². The van der Waals surface area contributed by atoms with Crippen molar-refractivity contribution in [3.8, 4) is 11.5 Å². The van der Waals surface area contributed by atoms with E-state index in [2.05, 4.69) is 17.6 Å².